The molecule has 2 aromatic carbocycles. The second-order valence-electron chi connectivity index (χ2n) is 11.0. The lowest BCUT2D eigenvalue weighted by atomic mass is 9.83. The van der Waals surface area contributed by atoms with Crippen molar-refractivity contribution in [2.24, 2.45) is 0 Å². The Hall–Kier alpha value is -3.47. The van der Waals surface area contributed by atoms with Gasteiger partial charge in [-0.3, -0.25) is 15.1 Å². The highest BCUT2D eigenvalue weighted by Crippen LogP contribution is 2.32. The number of fused-ring (bicyclic) bond motifs is 1. The van der Waals surface area contributed by atoms with E-state index in [1.807, 2.05) is 0 Å². The highest BCUT2D eigenvalue weighted by molar-refractivity contribution is 6.30. The van der Waals surface area contributed by atoms with Crippen molar-refractivity contribution in [2.45, 2.75) is 75.8 Å². The lowest BCUT2D eigenvalue weighted by Crippen LogP contribution is -2.67. The summed E-state index contributed by atoms with van der Waals surface area (Å²) in [6, 6.07) is 7.87. The molecule has 0 unspecified atom stereocenters. The SMILES string of the molecule is CC(=Cc1ccc(O[C@H]2C[C@H](O)C(=C(C)NOCc3ccc(Cl)cc3F)O2)c(N)c1)C(=O)N[C@@H]1[C@H](O)[C@@H](O)[C@H]2OCO[C@H]2[C@@H]1O. The first-order chi connectivity index (χ1) is 21.4. The molecule has 8 N–H and O–H groups in total. The lowest BCUT2D eigenvalue weighted by molar-refractivity contribution is -0.155. The molecule has 0 aromatic heterocycles. The summed E-state index contributed by atoms with van der Waals surface area (Å²) in [6.45, 7) is 2.93. The fourth-order valence-electron chi connectivity index (χ4n) is 5.32. The molecule has 8 atom stereocenters. The third-order valence-corrected chi connectivity index (χ3v) is 7.98. The monoisotopic (exact) mass is 651 g/mol. The van der Waals surface area contributed by atoms with Gasteiger partial charge in [0, 0.05) is 16.2 Å². The second kappa shape index (κ2) is 13.9. The average molecular weight is 652 g/mol. The Morgan fingerprint density at radius 3 is 2.53 bits per heavy atom. The van der Waals surface area contributed by atoms with Crippen LogP contribution in [-0.2, 0) is 30.4 Å². The number of nitrogen functional groups attached to an aromatic ring is 1. The summed E-state index contributed by atoms with van der Waals surface area (Å²) in [4.78, 5) is 18.2. The zero-order valence-corrected chi connectivity index (χ0v) is 25.1. The molecule has 3 aliphatic rings. The molecule has 15 heteroatoms. The van der Waals surface area contributed by atoms with Crippen LogP contribution in [0.4, 0.5) is 10.1 Å². The lowest BCUT2D eigenvalue weighted by Gasteiger charge is -2.41. The first kappa shape index (κ1) is 32.9. The molecule has 5 rings (SSSR count). The van der Waals surface area contributed by atoms with E-state index >= 15 is 0 Å². The molecule has 2 saturated heterocycles. The number of anilines is 1. The number of nitrogens with one attached hydrogen (secondary N) is 2. The molecule has 1 amide bonds. The Balaban J connectivity index is 1.16. The molecule has 2 heterocycles. The molecule has 13 nitrogen and oxygen atoms in total. The molecule has 0 bridgehead atoms. The van der Waals surface area contributed by atoms with Crippen LogP contribution in [0.5, 0.6) is 5.75 Å². The Morgan fingerprint density at radius 2 is 1.82 bits per heavy atom. The van der Waals surface area contributed by atoms with Crippen LogP contribution in [-0.4, -0.2) is 82.1 Å². The van der Waals surface area contributed by atoms with Crippen LogP contribution in [0.25, 0.3) is 6.08 Å². The molecular formula is C30H35ClFN3O10. The largest absolute Gasteiger partial charge is 0.454 e. The van der Waals surface area contributed by atoms with Crippen molar-refractivity contribution in [3.05, 3.63) is 75.4 Å². The minimum Gasteiger partial charge on any atom is -0.454 e. The van der Waals surface area contributed by atoms with E-state index in [1.165, 1.54) is 12.1 Å². The van der Waals surface area contributed by atoms with Gasteiger partial charge in [-0.15, -0.1) is 0 Å². The molecule has 244 valence electrons. The van der Waals surface area contributed by atoms with Crippen LogP contribution in [0.3, 0.4) is 0 Å². The van der Waals surface area contributed by atoms with Gasteiger partial charge in [0.2, 0.25) is 12.2 Å². The second-order valence-corrected chi connectivity index (χ2v) is 11.4. The van der Waals surface area contributed by atoms with Gasteiger partial charge in [0.25, 0.3) is 0 Å². The summed E-state index contributed by atoms with van der Waals surface area (Å²) in [5.74, 6) is -0.616. The molecule has 0 radical (unpaired) electrons. The van der Waals surface area contributed by atoms with E-state index in [-0.39, 0.29) is 53.2 Å². The number of hydroxylamine groups is 1. The summed E-state index contributed by atoms with van der Waals surface area (Å²) in [6.07, 6.45) is -6.10. The Labute approximate surface area is 262 Å². The van der Waals surface area contributed by atoms with Crippen LogP contribution < -0.4 is 21.3 Å². The van der Waals surface area contributed by atoms with Crippen LogP contribution in [0.1, 0.15) is 31.4 Å². The maximum atomic E-state index is 14.0. The van der Waals surface area contributed by atoms with Crippen molar-refractivity contribution in [3.8, 4) is 5.75 Å². The number of carbonyl (C=O) groups excluding carboxylic acids is 1. The molecule has 2 aliphatic heterocycles. The van der Waals surface area contributed by atoms with Gasteiger partial charge >= 0.3 is 0 Å². The summed E-state index contributed by atoms with van der Waals surface area (Å²) in [5.41, 5.74) is 10.5. The molecule has 0 spiro atoms. The highest BCUT2D eigenvalue weighted by atomic mass is 35.5. The quantitative estimate of drug-likeness (QED) is 0.117. The Morgan fingerprint density at radius 1 is 1.09 bits per heavy atom. The highest BCUT2D eigenvalue weighted by Gasteiger charge is 2.53. The van der Waals surface area contributed by atoms with Crippen LogP contribution in [0.2, 0.25) is 5.02 Å². The maximum Gasteiger partial charge on any atom is 0.247 e. The zero-order valence-electron chi connectivity index (χ0n) is 24.4. The van der Waals surface area contributed by atoms with Crippen LogP contribution in [0.15, 0.2) is 53.4 Å². The van der Waals surface area contributed by atoms with Gasteiger partial charge in [-0.2, -0.15) is 0 Å². The van der Waals surface area contributed by atoms with Crippen molar-refractivity contribution in [3.63, 3.8) is 0 Å². The standard InChI is InChI=1S/C30H35ClFN3O10/c1-13(30(40)34-23-24(37)26(39)29-28(25(23)38)41-12-42-29)7-15-3-6-21(19(33)8-15)44-22-10-20(36)27(45-22)14(2)35-43-11-16-4-5-17(31)9-18(16)32/h3-9,20,22-26,28-29,35-39H,10-12,33H2,1-2H3,(H,34,40)/t20-,22+,23+,24-,25+,26+,28-,29+/m0/s1. The number of rotatable bonds is 9. The summed E-state index contributed by atoms with van der Waals surface area (Å²) in [7, 11) is 0. The summed E-state index contributed by atoms with van der Waals surface area (Å²) in [5, 5.41) is 44.7. The number of aliphatic hydroxyl groups is 4. The van der Waals surface area contributed by atoms with Crippen molar-refractivity contribution in [1.82, 2.24) is 10.8 Å². The minimum atomic E-state index is -1.47. The topological polar surface area (TPSA) is 194 Å². The molecule has 1 aliphatic carbocycles. The van der Waals surface area contributed by atoms with Gasteiger partial charge in [-0.1, -0.05) is 23.7 Å². The third kappa shape index (κ3) is 7.34. The van der Waals surface area contributed by atoms with Gasteiger partial charge in [-0.25, -0.2) is 4.39 Å². The number of aliphatic hydroxyl groups excluding tert-OH is 4. The molecular weight excluding hydrogens is 617 g/mol. The number of hydrogen-bond donors (Lipinski definition) is 7. The first-order valence-electron chi connectivity index (χ1n) is 14.1. The van der Waals surface area contributed by atoms with Crippen LogP contribution >= 0.6 is 11.6 Å². The Kier molecular flexibility index (Phi) is 10.2. The maximum absolute atomic E-state index is 14.0. The van der Waals surface area contributed by atoms with E-state index in [1.54, 1.807) is 44.2 Å². The Bertz CT molecular complexity index is 1480. The van der Waals surface area contributed by atoms with Crippen molar-refractivity contribution in [1.29, 1.82) is 0 Å². The number of halogens is 2. The number of carbonyl (C=O) groups is 1. The number of benzene rings is 2. The van der Waals surface area contributed by atoms with Gasteiger partial charge in [-0.05, 0) is 49.8 Å². The van der Waals surface area contributed by atoms with Gasteiger partial charge in [0.05, 0.1) is 23.8 Å². The minimum absolute atomic E-state index is 0.0962. The number of nitrogens with two attached hydrogens (primary N) is 1. The van der Waals surface area contributed by atoms with E-state index < -0.39 is 60.7 Å². The third-order valence-electron chi connectivity index (χ3n) is 7.75. The molecule has 1 saturated carbocycles. The molecule has 3 fully saturated rings. The van der Waals surface area contributed by atoms with Gasteiger partial charge in [0.1, 0.15) is 61.6 Å². The number of hydrogen-bond acceptors (Lipinski definition) is 12. The first-order valence-corrected chi connectivity index (χ1v) is 14.5. The van der Waals surface area contributed by atoms with Crippen molar-refractivity contribution in [2.75, 3.05) is 12.5 Å². The van der Waals surface area contributed by atoms with Gasteiger partial charge in [0.15, 0.2) is 5.76 Å². The number of ether oxygens (including phenoxy) is 4. The van der Waals surface area contributed by atoms with Gasteiger partial charge < -0.3 is 50.4 Å². The normalized spacial score (nSPS) is 30.8. The van der Waals surface area contributed by atoms with Crippen molar-refractivity contribution < 1.29 is 53.4 Å². The number of amides is 1. The van der Waals surface area contributed by atoms with Crippen LogP contribution in [0, 0.1) is 5.82 Å². The van der Waals surface area contributed by atoms with E-state index in [9.17, 15) is 29.6 Å². The van der Waals surface area contributed by atoms with E-state index in [2.05, 4.69) is 10.8 Å². The fraction of sp³-hybridized carbons (Fsp3) is 0.433. The van der Waals surface area contributed by atoms with Crippen molar-refractivity contribution >= 4 is 29.3 Å². The smallest absolute Gasteiger partial charge is 0.247 e. The predicted molar refractivity (Wildman–Crippen MR) is 157 cm³/mol. The molecule has 45 heavy (non-hydrogen) atoms. The van der Waals surface area contributed by atoms with E-state index in [0.29, 0.717) is 11.3 Å². The molecule has 2 aromatic rings. The van der Waals surface area contributed by atoms with E-state index in [0.717, 1.165) is 0 Å². The number of allylic oxidation sites excluding steroid dienone is 1. The zero-order chi connectivity index (χ0) is 32.4. The summed E-state index contributed by atoms with van der Waals surface area (Å²) >= 11 is 5.77. The fourth-order valence-corrected chi connectivity index (χ4v) is 5.48. The van der Waals surface area contributed by atoms with E-state index in [4.69, 9.17) is 41.1 Å². The summed E-state index contributed by atoms with van der Waals surface area (Å²) < 4.78 is 36.1. The average Bonchev–Trinajstić information content (AvgIpc) is 3.63. The predicted octanol–water partition coefficient (Wildman–Crippen LogP) is 1.23.